The van der Waals surface area contributed by atoms with Gasteiger partial charge in [-0.05, 0) is 55.7 Å². The van der Waals surface area contributed by atoms with Crippen molar-refractivity contribution in [3.8, 4) is 0 Å². The van der Waals surface area contributed by atoms with Crippen LogP contribution in [0.4, 0.5) is 5.69 Å². The lowest BCUT2D eigenvalue weighted by Crippen LogP contribution is -2.10. The van der Waals surface area contributed by atoms with Gasteiger partial charge < -0.3 is 10.3 Å². The predicted molar refractivity (Wildman–Crippen MR) is 84.2 cm³/mol. The van der Waals surface area contributed by atoms with Crippen LogP contribution in [0.5, 0.6) is 0 Å². The Labute approximate surface area is 123 Å². The van der Waals surface area contributed by atoms with E-state index < -0.39 is 0 Å². The highest BCUT2D eigenvalue weighted by molar-refractivity contribution is 5.80. The number of aromatic nitrogens is 3. The number of pyridine rings is 1. The Hall–Kier alpha value is -2.36. The minimum atomic E-state index is 0.247. The van der Waals surface area contributed by atoms with Gasteiger partial charge in [-0.25, -0.2) is 4.98 Å². The Bertz CT molecular complexity index is 787. The fourth-order valence-electron chi connectivity index (χ4n) is 2.96. The van der Waals surface area contributed by atoms with Crippen molar-refractivity contribution < 1.29 is 0 Å². The van der Waals surface area contributed by atoms with Gasteiger partial charge in [0, 0.05) is 24.0 Å². The highest BCUT2D eigenvalue weighted by Gasteiger charge is 2.31. The molecule has 2 heterocycles. The number of nitrogen functional groups attached to an aromatic ring is 1. The molecule has 1 unspecified atom stereocenters. The monoisotopic (exact) mass is 278 g/mol. The van der Waals surface area contributed by atoms with E-state index in [-0.39, 0.29) is 6.04 Å². The minimum Gasteiger partial charge on any atom is -0.399 e. The summed E-state index contributed by atoms with van der Waals surface area (Å²) >= 11 is 0. The van der Waals surface area contributed by atoms with Crippen LogP contribution in [0.2, 0.25) is 0 Å². The van der Waals surface area contributed by atoms with Crippen molar-refractivity contribution in [1.82, 2.24) is 14.5 Å². The summed E-state index contributed by atoms with van der Waals surface area (Å²) in [5.74, 6) is 1.79. The molecule has 0 spiro atoms. The molecule has 1 aromatic carbocycles. The van der Waals surface area contributed by atoms with Gasteiger partial charge in [0.2, 0.25) is 0 Å². The van der Waals surface area contributed by atoms with E-state index in [2.05, 4.69) is 34.7 Å². The number of hydrogen-bond donors (Lipinski definition) is 1. The molecule has 1 aliphatic rings. The molecule has 1 atom stereocenters. The fraction of sp³-hybridized carbons (Fsp3) is 0.294. The summed E-state index contributed by atoms with van der Waals surface area (Å²) in [5.41, 5.74) is 10.1. The van der Waals surface area contributed by atoms with Crippen molar-refractivity contribution in [3.63, 3.8) is 0 Å². The maximum absolute atomic E-state index is 5.90. The minimum absolute atomic E-state index is 0.247. The molecule has 1 fully saturated rings. The summed E-state index contributed by atoms with van der Waals surface area (Å²) in [7, 11) is 0. The molecule has 0 amide bonds. The third kappa shape index (κ3) is 2.07. The molecule has 4 nitrogen and oxygen atoms in total. The third-order valence-corrected chi connectivity index (χ3v) is 4.26. The average molecular weight is 278 g/mol. The lowest BCUT2D eigenvalue weighted by Gasteiger charge is -2.18. The standard InChI is InChI=1S/C17H18N4/c1-11(12-6-8-19-9-7-12)21-16-5-4-14(18)10-15(16)20-17(21)13-2-3-13/h4-11,13H,2-3,18H2,1H3. The van der Waals surface area contributed by atoms with Crippen LogP contribution in [0.25, 0.3) is 11.0 Å². The first-order valence-electron chi connectivity index (χ1n) is 7.41. The number of hydrogen-bond acceptors (Lipinski definition) is 3. The molecular weight excluding hydrogens is 260 g/mol. The summed E-state index contributed by atoms with van der Waals surface area (Å²) in [4.78, 5) is 8.96. The van der Waals surface area contributed by atoms with Gasteiger partial charge in [0.15, 0.2) is 0 Å². The molecule has 0 bridgehead atoms. The van der Waals surface area contributed by atoms with Gasteiger partial charge in [0.05, 0.1) is 17.1 Å². The Kier molecular flexibility index (Phi) is 2.70. The van der Waals surface area contributed by atoms with E-state index in [1.54, 1.807) is 0 Å². The summed E-state index contributed by atoms with van der Waals surface area (Å²) in [6, 6.07) is 10.4. The molecule has 0 saturated heterocycles. The van der Waals surface area contributed by atoms with E-state index in [9.17, 15) is 0 Å². The van der Waals surface area contributed by atoms with E-state index in [1.165, 1.54) is 24.2 Å². The number of nitrogens with two attached hydrogens (primary N) is 1. The van der Waals surface area contributed by atoms with Crippen molar-refractivity contribution in [3.05, 3.63) is 54.1 Å². The third-order valence-electron chi connectivity index (χ3n) is 4.26. The van der Waals surface area contributed by atoms with E-state index in [4.69, 9.17) is 10.7 Å². The van der Waals surface area contributed by atoms with Crippen molar-refractivity contribution in [2.24, 2.45) is 0 Å². The first-order valence-corrected chi connectivity index (χ1v) is 7.41. The van der Waals surface area contributed by atoms with Gasteiger partial charge in [-0.2, -0.15) is 0 Å². The van der Waals surface area contributed by atoms with Crippen LogP contribution in [-0.4, -0.2) is 14.5 Å². The molecule has 4 rings (SSSR count). The van der Waals surface area contributed by atoms with Crippen LogP contribution in [0.15, 0.2) is 42.7 Å². The number of fused-ring (bicyclic) bond motifs is 1. The Balaban J connectivity index is 1.91. The first kappa shape index (κ1) is 12.4. The first-order chi connectivity index (χ1) is 10.2. The highest BCUT2D eigenvalue weighted by Crippen LogP contribution is 2.42. The lowest BCUT2D eigenvalue weighted by molar-refractivity contribution is 0.619. The topological polar surface area (TPSA) is 56.7 Å². The molecule has 2 N–H and O–H groups in total. The number of nitrogens with zero attached hydrogens (tertiary/aromatic N) is 3. The zero-order valence-corrected chi connectivity index (χ0v) is 12.0. The van der Waals surface area contributed by atoms with Crippen molar-refractivity contribution in [2.75, 3.05) is 5.73 Å². The van der Waals surface area contributed by atoms with Crippen LogP contribution in [0.1, 0.15) is 43.1 Å². The number of benzene rings is 1. The van der Waals surface area contributed by atoms with Gasteiger partial charge in [-0.15, -0.1) is 0 Å². The molecule has 3 aromatic rings. The molecule has 0 aliphatic heterocycles. The van der Waals surface area contributed by atoms with Gasteiger partial charge in [0.25, 0.3) is 0 Å². The van der Waals surface area contributed by atoms with Gasteiger partial charge >= 0.3 is 0 Å². The predicted octanol–water partition coefficient (Wildman–Crippen LogP) is 3.50. The Morgan fingerprint density at radius 1 is 1.19 bits per heavy atom. The van der Waals surface area contributed by atoms with Crippen LogP contribution in [0.3, 0.4) is 0 Å². The quantitative estimate of drug-likeness (QED) is 0.746. The van der Waals surface area contributed by atoms with Crippen LogP contribution < -0.4 is 5.73 Å². The van der Waals surface area contributed by atoms with Gasteiger partial charge in [0.1, 0.15) is 5.82 Å². The van der Waals surface area contributed by atoms with E-state index >= 15 is 0 Å². The summed E-state index contributed by atoms with van der Waals surface area (Å²) in [5, 5.41) is 0. The lowest BCUT2D eigenvalue weighted by atomic mass is 10.1. The number of anilines is 1. The molecule has 21 heavy (non-hydrogen) atoms. The highest BCUT2D eigenvalue weighted by atomic mass is 15.1. The van der Waals surface area contributed by atoms with Crippen molar-refractivity contribution in [1.29, 1.82) is 0 Å². The zero-order chi connectivity index (χ0) is 14.4. The van der Waals surface area contributed by atoms with Crippen LogP contribution >= 0.6 is 0 Å². The number of imidazole rings is 1. The second-order valence-corrected chi connectivity index (χ2v) is 5.82. The zero-order valence-electron chi connectivity index (χ0n) is 12.0. The number of rotatable bonds is 3. The molecule has 1 saturated carbocycles. The van der Waals surface area contributed by atoms with E-state index in [0.29, 0.717) is 5.92 Å². The van der Waals surface area contributed by atoms with Gasteiger partial charge in [-0.3, -0.25) is 4.98 Å². The van der Waals surface area contributed by atoms with Crippen LogP contribution in [0, 0.1) is 0 Å². The second-order valence-electron chi connectivity index (χ2n) is 5.82. The summed E-state index contributed by atoms with van der Waals surface area (Å²) in [6.45, 7) is 2.22. The van der Waals surface area contributed by atoms with Crippen molar-refractivity contribution in [2.45, 2.75) is 31.7 Å². The summed E-state index contributed by atoms with van der Waals surface area (Å²) < 4.78 is 2.36. The molecule has 0 radical (unpaired) electrons. The molecule has 2 aromatic heterocycles. The largest absolute Gasteiger partial charge is 0.399 e. The van der Waals surface area contributed by atoms with E-state index in [1.807, 2.05) is 24.5 Å². The normalized spacial score (nSPS) is 16.2. The molecule has 106 valence electrons. The average Bonchev–Trinajstić information content (AvgIpc) is 3.28. The molecule has 4 heteroatoms. The Morgan fingerprint density at radius 2 is 1.95 bits per heavy atom. The molecule has 1 aliphatic carbocycles. The van der Waals surface area contributed by atoms with E-state index in [0.717, 1.165) is 16.7 Å². The molecular formula is C17H18N4. The maximum atomic E-state index is 5.90. The van der Waals surface area contributed by atoms with Gasteiger partial charge in [-0.1, -0.05) is 0 Å². The second kappa shape index (κ2) is 4.58. The maximum Gasteiger partial charge on any atom is 0.113 e. The summed E-state index contributed by atoms with van der Waals surface area (Å²) in [6.07, 6.45) is 6.17. The fourth-order valence-corrected chi connectivity index (χ4v) is 2.96. The smallest absolute Gasteiger partial charge is 0.113 e. The van der Waals surface area contributed by atoms with Crippen molar-refractivity contribution >= 4 is 16.7 Å². The SMILES string of the molecule is CC(c1ccncc1)n1c(C2CC2)nc2cc(N)ccc21. The van der Waals surface area contributed by atoms with Crippen LogP contribution in [-0.2, 0) is 0 Å². The Morgan fingerprint density at radius 3 is 2.67 bits per heavy atom.